The maximum absolute atomic E-state index is 12.9. The largest absolute Gasteiger partial charge is 0.494 e. The fraction of sp³-hybridized carbons (Fsp3) is 0.433. The Bertz CT molecular complexity index is 1120. The standard InChI is InChI=1S/C30H39NO7/c1-8-9-12-19-35-22-17-15-21(16-18-22)27(33)31-23-13-10-11-14-24(23)36-25(28(34)38-30(5,6)7)20-26(32)37-29(2,3)4/h10-11,13-18,20H,8-9,12,19H2,1-7H3,(H,31,33)/b25-20-. The predicted molar refractivity (Wildman–Crippen MR) is 146 cm³/mol. The van der Waals surface area contributed by atoms with E-state index in [1.165, 1.54) is 0 Å². The minimum atomic E-state index is -0.848. The summed E-state index contributed by atoms with van der Waals surface area (Å²) in [5.74, 6) is -1.53. The molecule has 0 bridgehead atoms. The number of rotatable bonds is 11. The Morgan fingerprint density at radius 2 is 1.47 bits per heavy atom. The highest BCUT2D eigenvalue weighted by atomic mass is 16.6. The van der Waals surface area contributed by atoms with E-state index in [0.717, 1.165) is 25.3 Å². The van der Waals surface area contributed by atoms with Crippen LogP contribution >= 0.6 is 0 Å². The van der Waals surface area contributed by atoms with Gasteiger partial charge >= 0.3 is 11.9 Å². The maximum Gasteiger partial charge on any atom is 0.375 e. The SMILES string of the molecule is CCCCCOc1ccc(C(=O)Nc2ccccc2O/C(=C\C(=O)OC(C)(C)C)C(=O)OC(C)(C)C)cc1. The van der Waals surface area contributed by atoms with E-state index < -0.39 is 23.1 Å². The summed E-state index contributed by atoms with van der Waals surface area (Å²) >= 11 is 0. The molecule has 0 aromatic heterocycles. The van der Waals surface area contributed by atoms with Crippen molar-refractivity contribution < 1.29 is 33.3 Å². The lowest BCUT2D eigenvalue weighted by atomic mass is 10.2. The third-order valence-corrected chi connectivity index (χ3v) is 4.74. The molecular weight excluding hydrogens is 486 g/mol. The lowest BCUT2D eigenvalue weighted by Crippen LogP contribution is -2.28. The van der Waals surface area contributed by atoms with Crippen molar-refractivity contribution in [3.05, 3.63) is 65.9 Å². The van der Waals surface area contributed by atoms with Crippen molar-refractivity contribution in [2.75, 3.05) is 11.9 Å². The molecule has 0 saturated carbocycles. The second-order valence-corrected chi connectivity index (χ2v) is 10.7. The van der Waals surface area contributed by atoms with Gasteiger partial charge in [0.2, 0.25) is 5.76 Å². The summed E-state index contributed by atoms with van der Waals surface area (Å²) in [5, 5.41) is 2.79. The van der Waals surface area contributed by atoms with Crippen LogP contribution in [0.15, 0.2) is 60.4 Å². The predicted octanol–water partition coefficient (Wildman–Crippen LogP) is 6.45. The number of para-hydroxylation sites is 2. The van der Waals surface area contributed by atoms with Crippen molar-refractivity contribution in [1.29, 1.82) is 0 Å². The van der Waals surface area contributed by atoms with Gasteiger partial charge < -0.3 is 24.3 Å². The first-order valence-electron chi connectivity index (χ1n) is 12.8. The molecule has 38 heavy (non-hydrogen) atoms. The van der Waals surface area contributed by atoms with E-state index >= 15 is 0 Å². The minimum absolute atomic E-state index is 0.150. The Balaban J connectivity index is 2.22. The molecule has 0 radical (unpaired) electrons. The molecule has 2 rings (SSSR count). The Kier molecular flexibility index (Phi) is 10.9. The van der Waals surface area contributed by atoms with Gasteiger partial charge in [-0.15, -0.1) is 0 Å². The zero-order chi connectivity index (χ0) is 28.3. The highest BCUT2D eigenvalue weighted by Gasteiger charge is 2.25. The van der Waals surface area contributed by atoms with Gasteiger partial charge in [0, 0.05) is 5.56 Å². The average molecular weight is 526 g/mol. The van der Waals surface area contributed by atoms with E-state index in [4.69, 9.17) is 18.9 Å². The summed E-state index contributed by atoms with van der Waals surface area (Å²) < 4.78 is 22.2. The lowest BCUT2D eigenvalue weighted by molar-refractivity contribution is -0.154. The van der Waals surface area contributed by atoms with Gasteiger partial charge in [-0.1, -0.05) is 31.9 Å². The number of ether oxygens (including phenoxy) is 4. The number of anilines is 1. The van der Waals surface area contributed by atoms with Crippen LogP contribution in [0.4, 0.5) is 5.69 Å². The van der Waals surface area contributed by atoms with Crippen LogP contribution in [0.3, 0.4) is 0 Å². The summed E-state index contributed by atoms with van der Waals surface area (Å²) in [6, 6.07) is 13.4. The highest BCUT2D eigenvalue weighted by molar-refractivity contribution is 6.05. The first-order chi connectivity index (χ1) is 17.8. The van der Waals surface area contributed by atoms with Crippen molar-refractivity contribution in [3.63, 3.8) is 0 Å². The van der Waals surface area contributed by atoms with E-state index in [9.17, 15) is 14.4 Å². The number of benzene rings is 2. The van der Waals surface area contributed by atoms with Crippen molar-refractivity contribution in [2.45, 2.75) is 78.9 Å². The lowest BCUT2D eigenvalue weighted by Gasteiger charge is -2.22. The van der Waals surface area contributed by atoms with E-state index in [2.05, 4.69) is 12.2 Å². The summed E-state index contributed by atoms with van der Waals surface area (Å²) in [7, 11) is 0. The molecule has 1 amide bonds. The van der Waals surface area contributed by atoms with Crippen LogP contribution in [0.5, 0.6) is 11.5 Å². The van der Waals surface area contributed by atoms with Crippen molar-refractivity contribution in [3.8, 4) is 11.5 Å². The highest BCUT2D eigenvalue weighted by Crippen LogP contribution is 2.28. The van der Waals surface area contributed by atoms with Gasteiger partial charge in [-0.25, -0.2) is 9.59 Å². The van der Waals surface area contributed by atoms with E-state index in [0.29, 0.717) is 23.6 Å². The van der Waals surface area contributed by atoms with Gasteiger partial charge in [0.05, 0.1) is 18.4 Å². The van der Waals surface area contributed by atoms with Crippen LogP contribution in [-0.2, 0) is 19.1 Å². The van der Waals surface area contributed by atoms with Gasteiger partial charge in [-0.3, -0.25) is 4.79 Å². The van der Waals surface area contributed by atoms with Crippen molar-refractivity contribution in [2.24, 2.45) is 0 Å². The third kappa shape index (κ3) is 11.1. The number of hydrogen-bond donors (Lipinski definition) is 1. The van der Waals surface area contributed by atoms with Crippen LogP contribution in [0.1, 0.15) is 78.1 Å². The number of carbonyl (C=O) groups is 3. The van der Waals surface area contributed by atoms with Gasteiger partial charge in [0.1, 0.15) is 17.0 Å². The molecule has 0 aliphatic heterocycles. The molecule has 0 unspecified atom stereocenters. The van der Waals surface area contributed by atoms with Crippen molar-refractivity contribution >= 4 is 23.5 Å². The molecule has 1 N–H and O–H groups in total. The Morgan fingerprint density at radius 1 is 0.842 bits per heavy atom. The molecule has 0 fully saturated rings. The first kappa shape index (κ1) is 30.4. The van der Waals surface area contributed by atoms with E-state index in [1.54, 1.807) is 90.1 Å². The van der Waals surface area contributed by atoms with Crippen LogP contribution in [0, 0.1) is 0 Å². The fourth-order valence-corrected chi connectivity index (χ4v) is 3.11. The number of hydrogen-bond acceptors (Lipinski definition) is 7. The molecule has 0 heterocycles. The molecule has 2 aromatic carbocycles. The van der Waals surface area contributed by atoms with Crippen LogP contribution in [0.2, 0.25) is 0 Å². The van der Waals surface area contributed by atoms with Gasteiger partial charge in [0.25, 0.3) is 5.91 Å². The molecule has 0 atom stereocenters. The minimum Gasteiger partial charge on any atom is -0.494 e. The van der Waals surface area contributed by atoms with Crippen LogP contribution < -0.4 is 14.8 Å². The summed E-state index contributed by atoms with van der Waals surface area (Å²) in [5.41, 5.74) is -0.879. The molecule has 0 saturated heterocycles. The second kappa shape index (κ2) is 13.7. The molecule has 0 aliphatic carbocycles. The monoisotopic (exact) mass is 525 g/mol. The summed E-state index contributed by atoms with van der Waals surface area (Å²) in [6.07, 6.45) is 4.13. The molecule has 206 valence electrons. The smallest absolute Gasteiger partial charge is 0.375 e. The molecule has 2 aromatic rings. The number of amides is 1. The molecule has 0 spiro atoms. The Labute approximate surface area is 225 Å². The first-order valence-corrected chi connectivity index (χ1v) is 12.8. The molecule has 8 nitrogen and oxygen atoms in total. The molecule has 8 heteroatoms. The second-order valence-electron chi connectivity index (χ2n) is 10.7. The topological polar surface area (TPSA) is 100 Å². The number of carbonyl (C=O) groups excluding carboxylic acids is 3. The molecule has 0 aliphatic rings. The van der Waals surface area contributed by atoms with E-state index in [1.807, 2.05) is 0 Å². The number of unbranched alkanes of at least 4 members (excludes halogenated alkanes) is 2. The van der Waals surface area contributed by atoms with E-state index in [-0.39, 0.29) is 17.4 Å². The zero-order valence-corrected chi connectivity index (χ0v) is 23.4. The number of nitrogens with one attached hydrogen (secondary N) is 1. The normalized spacial score (nSPS) is 11.9. The van der Waals surface area contributed by atoms with Gasteiger partial charge in [0.15, 0.2) is 5.75 Å². The van der Waals surface area contributed by atoms with Gasteiger partial charge in [-0.2, -0.15) is 0 Å². The van der Waals surface area contributed by atoms with Gasteiger partial charge in [-0.05, 0) is 84.4 Å². The maximum atomic E-state index is 12.9. The quantitative estimate of drug-likeness (QED) is 0.156. The zero-order valence-electron chi connectivity index (χ0n) is 23.4. The Hall–Kier alpha value is -3.81. The summed E-state index contributed by atoms with van der Waals surface area (Å²) in [6.45, 7) is 13.0. The van der Waals surface area contributed by atoms with Crippen LogP contribution in [0.25, 0.3) is 0 Å². The fourth-order valence-electron chi connectivity index (χ4n) is 3.11. The third-order valence-electron chi connectivity index (χ3n) is 4.74. The van der Waals surface area contributed by atoms with Crippen molar-refractivity contribution in [1.82, 2.24) is 0 Å². The number of esters is 2. The van der Waals surface area contributed by atoms with Crippen LogP contribution in [-0.4, -0.2) is 35.7 Å². The Morgan fingerprint density at radius 3 is 2.08 bits per heavy atom. The average Bonchev–Trinajstić information content (AvgIpc) is 2.80. The summed E-state index contributed by atoms with van der Waals surface area (Å²) in [4.78, 5) is 38.2. The molecular formula is C30H39NO7.